The normalized spacial score (nSPS) is 16.0. The topological polar surface area (TPSA) is 75.7 Å². The molecule has 0 aliphatic carbocycles. The van der Waals surface area contributed by atoms with Crippen molar-refractivity contribution in [2.24, 2.45) is 5.92 Å². The van der Waals surface area contributed by atoms with Gasteiger partial charge in [0.25, 0.3) is 5.91 Å². The first-order valence-corrected chi connectivity index (χ1v) is 8.85. The molecule has 6 nitrogen and oxygen atoms in total. The lowest BCUT2D eigenvalue weighted by Crippen LogP contribution is -2.40. The standard InChI is InChI=1S/C15H22N2O4S/c1-12(2)11-16-22(19,20)14-5-3-13(4-6-14)15(18)17-7-9-21-10-8-17/h3-6,12,16H,7-11H2,1-2H3. The zero-order valence-electron chi connectivity index (χ0n) is 12.9. The Morgan fingerprint density at radius 2 is 1.82 bits per heavy atom. The van der Waals surface area contributed by atoms with Gasteiger partial charge in [-0.2, -0.15) is 0 Å². The minimum Gasteiger partial charge on any atom is -0.378 e. The highest BCUT2D eigenvalue weighted by molar-refractivity contribution is 7.89. The van der Waals surface area contributed by atoms with Gasteiger partial charge >= 0.3 is 0 Å². The minimum atomic E-state index is -3.52. The number of hydrogen-bond donors (Lipinski definition) is 1. The molecule has 1 aromatic carbocycles. The summed E-state index contributed by atoms with van der Waals surface area (Å²) in [4.78, 5) is 14.2. The number of hydrogen-bond acceptors (Lipinski definition) is 4. The van der Waals surface area contributed by atoms with Crippen molar-refractivity contribution < 1.29 is 17.9 Å². The Morgan fingerprint density at radius 1 is 1.23 bits per heavy atom. The lowest BCUT2D eigenvalue weighted by Gasteiger charge is -2.26. The Morgan fingerprint density at radius 3 is 2.36 bits per heavy atom. The van der Waals surface area contributed by atoms with E-state index < -0.39 is 10.0 Å². The zero-order chi connectivity index (χ0) is 16.2. The third kappa shape index (κ3) is 4.28. The van der Waals surface area contributed by atoms with E-state index in [1.54, 1.807) is 17.0 Å². The van der Waals surface area contributed by atoms with Crippen LogP contribution in [0.5, 0.6) is 0 Å². The molecule has 0 unspecified atom stereocenters. The molecule has 7 heteroatoms. The molecule has 0 bridgehead atoms. The third-order valence-electron chi connectivity index (χ3n) is 3.39. The Labute approximate surface area is 131 Å². The van der Waals surface area contributed by atoms with Crippen LogP contribution in [0.3, 0.4) is 0 Å². The molecule has 1 aliphatic rings. The molecule has 0 spiro atoms. The molecule has 1 heterocycles. The SMILES string of the molecule is CC(C)CNS(=O)(=O)c1ccc(C(=O)N2CCOCC2)cc1. The number of carbonyl (C=O) groups excluding carboxylic acids is 1. The lowest BCUT2D eigenvalue weighted by molar-refractivity contribution is 0.0303. The highest BCUT2D eigenvalue weighted by Gasteiger charge is 2.20. The fourth-order valence-electron chi connectivity index (χ4n) is 2.09. The van der Waals surface area contributed by atoms with Gasteiger partial charge in [0.2, 0.25) is 10.0 Å². The molecule has 0 aromatic heterocycles. The van der Waals surface area contributed by atoms with Crippen LogP contribution in [0.25, 0.3) is 0 Å². The summed E-state index contributed by atoms with van der Waals surface area (Å²) in [5.41, 5.74) is 0.490. The number of nitrogens with one attached hydrogen (secondary N) is 1. The molecule has 22 heavy (non-hydrogen) atoms. The molecule has 1 saturated heterocycles. The van der Waals surface area contributed by atoms with E-state index in [1.807, 2.05) is 13.8 Å². The van der Waals surface area contributed by atoms with Crippen LogP contribution in [-0.4, -0.2) is 52.1 Å². The van der Waals surface area contributed by atoms with E-state index in [9.17, 15) is 13.2 Å². The lowest BCUT2D eigenvalue weighted by atomic mass is 10.2. The van der Waals surface area contributed by atoms with Gasteiger partial charge in [0, 0.05) is 25.2 Å². The Bertz CT molecular complexity index is 605. The van der Waals surface area contributed by atoms with Crippen molar-refractivity contribution in [1.82, 2.24) is 9.62 Å². The predicted molar refractivity (Wildman–Crippen MR) is 83.2 cm³/mol. The Hall–Kier alpha value is -1.44. The van der Waals surface area contributed by atoms with Gasteiger partial charge in [-0.1, -0.05) is 13.8 Å². The van der Waals surface area contributed by atoms with Crippen LogP contribution in [0.1, 0.15) is 24.2 Å². The van der Waals surface area contributed by atoms with Crippen LogP contribution >= 0.6 is 0 Å². The number of sulfonamides is 1. The number of carbonyl (C=O) groups is 1. The first-order chi connectivity index (χ1) is 10.4. The minimum absolute atomic E-state index is 0.0950. The second kappa shape index (κ2) is 7.21. The quantitative estimate of drug-likeness (QED) is 0.879. The van der Waals surface area contributed by atoms with Gasteiger partial charge < -0.3 is 9.64 Å². The molecule has 122 valence electrons. The average molecular weight is 326 g/mol. The van der Waals surface area contributed by atoms with Gasteiger partial charge in [0.1, 0.15) is 0 Å². The van der Waals surface area contributed by atoms with Crippen molar-refractivity contribution in [2.75, 3.05) is 32.8 Å². The molecule has 0 radical (unpaired) electrons. The fraction of sp³-hybridized carbons (Fsp3) is 0.533. The molecule has 1 N–H and O–H groups in total. The number of benzene rings is 1. The van der Waals surface area contributed by atoms with Gasteiger partial charge in [-0.3, -0.25) is 4.79 Å². The molecule has 0 atom stereocenters. The fourth-order valence-corrected chi connectivity index (χ4v) is 3.30. The predicted octanol–water partition coefficient (Wildman–Crippen LogP) is 1.09. The maximum absolute atomic E-state index is 12.3. The summed E-state index contributed by atoms with van der Waals surface area (Å²) in [6, 6.07) is 6.05. The van der Waals surface area contributed by atoms with Crippen LogP contribution in [0.4, 0.5) is 0 Å². The van der Waals surface area contributed by atoms with Crippen LogP contribution < -0.4 is 4.72 Å². The highest BCUT2D eigenvalue weighted by atomic mass is 32.2. The molecule has 1 fully saturated rings. The van der Waals surface area contributed by atoms with Crippen molar-refractivity contribution in [3.05, 3.63) is 29.8 Å². The van der Waals surface area contributed by atoms with Crippen molar-refractivity contribution in [1.29, 1.82) is 0 Å². The van der Waals surface area contributed by atoms with E-state index in [0.29, 0.717) is 38.4 Å². The summed E-state index contributed by atoms with van der Waals surface area (Å²) in [6.45, 7) is 6.47. The number of morpholine rings is 1. The highest BCUT2D eigenvalue weighted by Crippen LogP contribution is 2.13. The van der Waals surface area contributed by atoms with E-state index >= 15 is 0 Å². The Kier molecular flexibility index (Phi) is 5.55. The average Bonchev–Trinajstić information content (AvgIpc) is 2.53. The largest absolute Gasteiger partial charge is 0.378 e. The summed E-state index contributed by atoms with van der Waals surface area (Å²) < 4.78 is 32.0. The molecular weight excluding hydrogens is 304 g/mol. The number of amides is 1. The maximum Gasteiger partial charge on any atom is 0.254 e. The summed E-state index contributed by atoms with van der Waals surface area (Å²) in [5.74, 6) is 0.138. The van der Waals surface area contributed by atoms with Crippen LogP contribution in [0.15, 0.2) is 29.2 Å². The monoisotopic (exact) mass is 326 g/mol. The van der Waals surface area contributed by atoms with Gasteiger partial charge in [0.05, 0.1) is 18.1 Å². The van der Waals surface area contributed by atoms with E-state index in [1.165, 1.54) is 12.1 Å². The molecular formula is C15H22N2O4S. The summed E-state index contributed by atoms with van der Waals surface area (Å²) in [6.07, 6.45) is 0. The number of ether oxygens (including phenoxy) is 1. The van der Waals surface area contributed by atoms with Crippen molar-refractivity contribution in [3.8, 4) is 0 Å². The number of nitrogens with zero attached hydrogens (tertiary/aromatic N) is 1. The van der Waals surface area contributed by atoms with E-state index in [4.69, 9.17) is 4.74 Å². The van der Waals surface area contributed by atoms with Crippen molar-refractivity contribution in [3.63, 3.8) is 0 Å². The van der Waals surface area contributed by atoms with Gasteiger partial charge in [0.15, 0.2) is 0 Å². The van der Waals surface area contributed by atoms with Crippen molar-refractivity contribution in [2.45, 2.75) is 18.7 Å². The first kappa shape index (κ1) is 16.9. The second-order valence-electron chi connectivity index (χ2n) is 5.67. The van der Waals surface area contributed by atoms with Crippen LogP contribution in [-0.2, 0) is 14.8 Å². The second-order valence-corrected chi connectivity index (χ2v) is 7.44. The Balaban J connectivity index is 2.07. The summed E-state index contributed by atoms with van der Waals surface area (Å²) in [7, 11) is -3.52. The van der Waals surface area contributed by atoms with Gasteiger partial charge in [-0.15, -0.1) is 0 Å². The smallest absolute Gasteiger partial charge is 0.254 e. The molecule has 1 amide bonds. The van der Waals surface area contributed by atoms with E-state index in [0.717, 1.165) is 0 Å². The van der Waals surface area contributed by atoms with Gasteiger partial charge in [-0.25, -0.2) is 13.1 Å². The van der Waals surface area contributed by atoms with Crippen LogP contribution in [0, 0.1) is 5.92 Å². The third-order valence-corrected chi connectivity index (χ3v) is 4.83. The van der Waals surface area contributed by atoms with Crippen LogP contribution in [0.2, 0.25) is 0 Å². The molecule has 1 aromatic rings. The van der Waals surface area contributed by atoms with E-state index in [-0.39, 0.29) is 16.7 Å². The zero-order valence-corrected chi connectivity index (χ0v) is 13.7. The molecule has 0 saturated carbocycles. The van der Waals surface area contributed by atoms with Crippen molar-refractivity contribution >= 4 is 15.9 Å². The maximum atomic E-state index is 12.3. The summed E-state index contributed by atoms with van der Waals surface area (Å²) >= 11 is 0. The number of rotatable bonds is 5. The summed E-state index contributed by atoms with van der Waals surface area (Å²) in [5, 5.41) is 0. The molecule has 1 aliphatic heterocycles. The van der Waals surface area contributed by atoms with E-state index in [2.05, 4.69) is 4.72 Å². The molecule has 2 rings (SSSR count). The van der Waals surface area contributed by atoms with Gasteiger partial charge in [-0.05, 0) is 30.2 Å². The first-order valence-electron chi connectivity index (χ1n) is 7.37.